The van der Waals surface area contributed by atoms with Gasteiger partial charge in [-0.1, -0.05) is 0 Å². The third-order valence-corrected chi connectivity index (χ3v) is 6.03. The molecule has 1 saturated carbocycles. The van der Waals surface area contributed by atoms with E-state index in [1.807, 2.05) is 31.0 Å². The largest absolute Gasteiger partial charge is 0.333 e. The van der Waals surface area contributed by atoms with E-state index < -0.39 is 0 Å². The summed E-state index contributed by atoms with van der Waals surface area (Å²) in [5.41, 5.74) is 2.26. The number of hydrogen-bond acceptors (Lipinski definition) is 4. The minimum atomic E-state index is 0.140. The highest BCUT2D eigenvalue weighted by Gasteiger charge is 2.48. The lowest BCUT2D eigenvalue weighted by Crippen LogP contribution is -2.39. The van der Waals surface area contributed by atoms with Crippen LogP contribution in [0, 0.1) is 12.8 Å². The average Bonchev–Trinajstić information content (AvgIpc) is 3.05. The summed E-state index contributed by atoms with van der Waals surface area (Å²) in [6, 6.07) is 0.185. The Balaban J connectivity index is 1.50. The van der Waals surface area contributed by atoms with Crippen LogP contribution in [0.15, 0.2) is 17.8 Å². The maximum atomic E-state index is 13.0. The monoisotopic (exact) mass is 330 g/mol. The van der Waals surface area contributed by atoms with Crippen molar-refractivity contribution in [2.24, 2.45) is 13.0 Å². The second-order valence-corrected chi connectivity index (χ2v) is 7.66. The normalized spacial score (nSPS) is 27.2. The minimum Gasteiger partial charge on any atom is -0.333 e. The van der Waals surface area contributed by atoms with Crippen molar-refractivity contribution in [2.45, 2.75) is 44.6 Å². The molecule has 1 saturated heterocycles. The zero-order chi connectivity index (χ0) is 16.0. The Bertz CT molecular complexity index is 722. The molecular formula is C17H22N4OS. The Morgan fingerprint density at radius 3 is 2.96 bits per heavy atom. The molecule has 0 unspecified atom stereocenters. The fourth-order valence-corrected chi connectivity index (χ4v) is 4.60. The highest BCUT2D eigenvalue weighted by atomic mass is 32.1. The van der Waals surface area contributed by atoms with E-state index in [-0.39, 0.29) is 12.0 Å². The van der Waals surface area contributed by atoms with Gasteiger partial charge in [0.05, 0.1) is 12.2 Å². The minimum absolute atomic E-state index is 0.140. The number of piperidine rings is 1. The molecule has 122 valence electrons. The maximum Gasteiger partial charge on any atom is 0.226 e. The van der Waals surface area contributed by atoms with E-state index in [2.05, 4.69) is 20.4 Å². The van der Waals surface area contributed by atoms with Gasteiger partial charge in [-0.25, -0.2) is 4.98 Å². The second kappa shape index (κ2) is 5.74. The molecule has 23 heavy (non-hydrogen) atoms. The van der Waals surface area contributed by atoms with Crippen LogP contribution in [0.1, 0.15) is 53.9 Å². The fourth-order valence-electron chi connectivity index (χ4n) is 3.66. The summed E-state index contributed by atoms with van der Waals surface area (Å²) in [7, 11) is 1.92. The quantitative estimate of drug-likeness (QED) is 0.869. The van der Waals surface area contributed by atoms with Gasteiger partial charge in [-0.2, -0.15) is 5.10 Å². The molecule has 2 aromatic heterocycles. The van der Waals surface area contributed by atoms with Crippen LogP contribution in [0.2, 0.25) is 0 Å². The summed E-state index contributed by atoms with van der Waals surface area (Å²) in [6.07, 6.45) is 8.24. The van der Waals surface area contributed by atoms with Gasteiger partial charge in [0.2, 0.25) is 5.91 Å². The van der Waals surface area contributed by atoms with Gasteiger partial charge in [0.15, 0.2) is 0 Å². The van der Waals surface area contributed by atoms with Crippen molar-refractivity contribution in [1.29, 1.82) is 0 Å². The molecule has 3 heterocycles. The van der Waals surface area contributed by atoms with Crippen molar-refractivity contribution in [1.82, 2.24) is 19.7 Å². The van der Waals surface area contributed by atoms with Crippen LogP contribution >= 0.6 is 11.3 Å². The van der Waals surface area contributed by atoms with E-state index >= 15 is 0 Å². The van der Waals surface area contributed by atoms with E-state index in [0.29, 0.717) is 11.8 Å². The van der Waals surface area contributed by atoms with E-state index in [0.717, 1.165) is 36.5 Å². The van der Waals surface area contributed by atoms with Gasteiger partial charge in [-0.15, -0.1) is 11.3 Å². The first-order valence-corrected chi connectivity index (χ1v) is 9.22. The molecule has 0 spiro atoms. The van der Waals surface area contributed by atoms with E-state index in [1.165, 1.54) is 12.0 Å². The Kier molecular flexibility index (Phi) is 3.71. The van der Waals surface area contributed by atoms with Gasteiger partial charge in [-0.3, -0.25) is 9.48 Å². The number of aryl methyl sites for hydroxylation is 2. The highest BCUT2D eigenvalue weighted by molar-refractivity contribution is 7.09. The topological polar surface area (TPSA) is 51.0 Å². The van der Waals surface area contributed by atoms with Crippen molar-refractivity contribution in [3.8, 4) is 0 Å². The average molecular weight is 330 g/mol. The lowest BCUT2D eigenvalue weighted by atomic mass is 10.0. The van der Waals surface area contributed by atoms with Crippen LogP contribution in [-0.2, 0) is 11.8 Å². The molecule has 6 heteroatoms. The van der Waals surface area contributed by atoms with Gasteiger partial charge >= 0.3 is 0 Å². The van der Waals surface area contributed by atoms with Crippen molar-refractivity contribution in [3.05, 3.63) is 34.0 Å². The molecule has 5 nitrogen and oxygen atoms in total. The molecule has 1 aliphatic heterocycles. The first-order chi connectivity index (χ1) is 11.1. The summed E-state index contributed by atoms with van der Waals surface area (Å²) in [5, 5.41) is 7.42. The Morgan fingerprint density at radius 1 is 1.39 bits per heavy atom. The molecule has 2 aromatic rings. The highest BCUT2D eigenvalue weighted by Crippen LogP contribution is 2.49. The zero-order valence-electron chi connectivity index (χ0n) is 13.6. The number of rotatable bonds is 3. The number of carbonyl (C=O) groups excluding carboxylic acids is 1. The van der Waals surface area contributed by atoms with E-state index in [4.69, 9.17) is 0 Å². The van der Waals surface area contributed by atoms with Crippen LogP contribution in [-0.4, -0.2) is 32.1 Å². The number of aromatic nitrogens is 3. The predicted molar refractivity (Wildman–Crippen MR) is 89.2 cm³/mol. The molecule has 0 radical (unpaired) electrons. The standard InChI is InChI=1S/C17H22N4OS/c1-11-10-23-16(19-11)15-5-3-4-6-21(15)17(22)14-7-13(14)12-8-18-20(2)9-12/h8-10,13-15H,3-7H2,1-2H3/t13-,14-,15+/m1/s1. The van der Waals surface area contributed by atoms with Gasteiger partial charge < -0.3 is 4.90 Å². The van der Waals surface area contributed by atoms with Gasteiger partial charge in [0, 0.05) is 36.8 Å². The number of carbonyl (C=O) groups is 1. The second-order valence-electron chi connectivity index (χ2n) is 6.77. The summed E-state index contributed by atoms with van der Waals surface area (Å²) >= 11 is 1.69. The lowest BCUT2D eigenvalue weighted by molar-refractivity contribution is -0.136. The summed E-state index contributed by atoms with van der Waals surface area (Å²) < 4.78 is 1.82. The predicted octanol–water partition coefficient (Wildman–Crippen LogP) is 3.04. The molecule has 1 aliphatic carbocycles. The molecule has 2 fully saturated rings. The Labute approximate surface area is 140 Å². The van der Waals surface area contributed by atoms with Crippen molar-refractivity contribution < 1.29 is 4.79 Å². The molecule has 0 N–H and O–H groups in total. The van der Waals surface area contributed by atoms with Gasteiger partial charge in [0.1, 0.15) is 5.01 Å². The van der Waals surface area contributed by atoms with Gasteiger partial charge in [-0.05, 0) is 44.1 Å². The first kappa shape index (κ1) is 14.9. The number of amides is 1. The van der Waals surface area contributed by atoms with Crippen molar-refractivity contribution in [2.75, 3.05) is 6.54 Å². The third-order valence-electron chi connectivity index (χ3n) is 4.97. The molecule has 2 aliphatic rings. The summed E-state index contributed by atoms with van der Waals surface area (Å²) in [6.45, 7) is 2.90. The maximum absolute atomic E-state index is 13.0. The number of nitrogens with zero attached hydrogens (tertiary/aromatic N) is 4. The molecule has 3 atom stereocenters. The van der Waals surface area contributed by atoms with Crippen LogP contribution in [0.5, 0.6) is 0 Å². The number of hydrogen-bond donors (Lipinski definition) is 0. The van der Waals surface area contributed by atoms with Gasteiger partial charge in [0.25, 0.3) is 0 Å². The Hall–Kier alpha value is -1.69. The Morgan fingerprint density at radius 2 is 2.26 bits per heavy atom. The van der Waals surface area contributed by atoms with E-state index in [1.54, 1.807) is 11.3 Å². The lowest BCUT2D eigenvalue weighted by Gasteiger charge is -2.34. The summed E-state index contributed by atoms with van der Waals surface area (Å²) in [5.74, 6) is 0.814. The molecule has 0 aromatic carbocycles. The third kappa shape index (κ3) is 2.80. The molecular weight excluding hydrogens is 308 g/mol. The molecule has 1 amide bonds. The van der Waals surface area contributed by atoms with Crippen molar-refractivity contribution in [3.63, 3.8) is 0 Å². The smallest absolute Gasteiger partial charge is 0.226 e. The van der Waals surface area contributed by atoms with Crippen molar-refractivity contribution >= 4 is 17.2 Å². The van der Waals surface area contributed by atoms with Crippen LogP contribution in [0.3, 0.4) is 0 Å². The van der Waals surface area contributed by atoms with Crippen LogP contribution in [0.25, 0.3) is 0 Å². The molecule has 4 rings (SSSR count). The SMILES string of the molecule is Cc1csc([C@@H]2CCCCN2C(=O)[C@@H]2C[C@@H]2c2cnn(C)c2)n1. The number of likely N-dealkylation sites (tertiary alicyclic amines) is 1. The van der Waals surface area contributed by atoms with E-state index in [9.17, 15) is 4.79 Å². The fraction of sp³-hybridized carbons (Fsp3) is 0.588. The zero-order valence-corrected chi connectivity index (χ0v) is 14.4. The van der Waals surface area contributed by atoms with Crippen LogP contribution < -0.4 is 0 Å². The first-order valence-electron chi connectivity index (χ1n) is 8.34. The summed E-state index contributed by atoms with van der Waals surface area (Å²) in [4.78, 5) is 19.8. The number of thiazole rings is 1. The molecule has 0 bridgehead atoms. The van der Waals surface area contributed by atoms with Crippen LogP contribution in [0.4, 0.5) is 0 Å².